The van der Waals surface area contributed by atoms with Gasteiger partial charge < -0.3 is 15.8 Å². The highest BCUT2D eigenvalue weighted by molar-refractivity contribution is 5.97. The Balaban J connectivity index is 2.64. The Morgan fingerprint density at radius 2 is 2.24 bits per heavy atom. The highest BCUT2D eigenvalue weighted by Crippen LogP contribution is 2.08. The molecule has 0 aliphatic carbocycles. The van der Waals surface area contributed by atoms with Crippen LogP contribution in [0.5, 0.6) is 0 Å². The SMILES string of the molecule is CCOC(=O)CNC(=O)c1cc(N)cnc1C. The van der Waals surface area contributed by atoms with E-state index in [0.29, 0.717) is 16.9 Å². The Kier molecular flexibility index (Phi) is 4.45. The van der Waals surface area contributed by atoms with E-state index in [1.165, 1.54) is 12.3 Å². The quantitative estimate of drug-likeness (QED) is 0.733. The number of rotatable bonds is 4. The number of hydrogen-bond donors (Lipinski definition) is 2. The largest absolute Gasteiger partial charge is 0.465 e. The predicted octanol–water partition coefficient (Wildman–Crippen LogP) is 0.265. The lowest BCUT2D eigenvalue weighted by Gasteiger charge is -2.07. The topological polar surface area (TPSA) is 94.3 Å². The number of nitrogens with two attached hydrogens (primary N) is 1. The first-order chi connectivity index (χ1) is 8.04. The lowest BCUT2D eigenvalue weighted by Crippen LogP contribution is -2.31. The van der Waals surface area contributed by atoms with Crippen LogP contribution in [0.2, 0.25) is 0 Å². The molecule has 0 radical (unpaired) electrons. The van der Waals surface area contributed by atoms with E-state index in [2.05, 4.69) is 15.0 Å². The summed E-state index contributed by atoms with van der Waals surface area (Å²) >= 11 is 0. The van der Waals surface area contributed by atoms with Crippen molar-refractivity contribution in [3.05, 3.63) is 23.5 Å². The molecular weight excluding hydrogens is 222 g/mol. The summed E-state index contributed by atoms with van der Waals surface area (Å²) in [6.07, 6.45) is 1.47. The van der Waals surface area contributed by atoms with Crippen LogP contribution in [0.4, 0.5) is 5.69 Å². The molecule has 0 atom stereocenters. The number of nitrogen functional groups attached to an aromatic ring is 1. The summed E-state index contributed by atoms with van der Waals surface area (Å²) in [6.45, 7) is 3.51. The summed E-state index contributed by atoms with van der Waals surface area (Å²) in [7, 11) is 0. The zero-order valence-corrected chi connectivity index (χ0v) is 9.82. The fraction of sp³-hybridized carbons (Fsp3) is 0.364. The first-order valence-corrected chi connectivity index (χ1v) is 5.20. The Bertz CT molecular complexity index is 432. The maximum Gasteiger partial charge on any atom is 0.325 e. The van der Waals surface area contributed by atoms with Crippen molar-refractivity contribution >= 4 is 17.6 Å². The molecule has 0 aromatic carbocycles. The molecule has 92 valence electrons. The predicted molar refractivity (Wildman–Crippen MR) is 62.4 cm³/mol. The second-order valence-corrected chi connectivity index (χ2v) is 3.39. The molecule has 0 unspecified atom stereocenters. The van der Waals surface area contributed by atoms with Crippen LogP contribution in [0.1, 0.15) is 23.0 Å². The first kappa shape index (κ1) is 13.0. The van der Waals surface area contributed by atoms with Gasteiger partial charge in [0.05, 0.1) is 29.7 Å². The number of aromatic nitrogens is 1. The molecule has 17 heavy (non-hydrogen) atoms. The minimum atomic E-state index is -0.477. The molecule has 6 nitrogen and oxygen atoms in total. The monoisotopic (exact) mass is 237 g/mol. The Labute approximate surface area is 99.2 Å². The van der Waals surface area contributed by atoms with Crippen molar-refractivity contribution in [3.63, 3.8) is 0 Å². The van der Waals surface area contributed by atoms with Gasteiger partial charge in [-0.15, -0.1) is 0 Å². The number of nitrogens with zero attached hydrogens (tertiary/aromatic N) is 1. The van der Waals surface area contributed by atoms with Crippen LogP contribution < -0.4 is 11.1 Å². The van der Waals surface area contributed by atoms with Crippen molar-refractivity contribution in [1.82, 2.24) is 10.3 Å². The van der Waals surface area contributed by atoms with Crippen molar-refractivity contribution < 1.29 is 14.3 Å². The maximum absolute atomic E-state index is 11.7. The highest BCUT2D eigenvalue weighted by Gasteiger charge is 2.12. The van der Waals surface area contributed by atoms with Crippen molar-refractivity contribution in [1.29, 1.82) is 0 Å². The average molecular weight is 237 g/mol. The minimum Gasteiger partial charge on any atom is -0.465 e. The van der Waals surface area contributed by atoms with Gasteiger partial charge in [0.1, 0.15) is 6.54 Å². The standard InChI is InChI=1S/C11H15N3O3/c1-3-17-10(15)6-14-11(16)9-4-8(12)5-13-7(9)2/h4-5H,3,6,12H2,1-2H3,(H,14,16). The van der Waals surface area contributed by atoms with Gasteiger partial charge in [0.25, 0.3) is 5.91 Å². The van der Waals surface area contributed by atoms with E-state index in [9.17, 15) is 9.59 Å². The number of esters is 1. The molecule has 1 rings (SSSR count). The maximum atomic E-state index is 11.7. The third kappa shape index (κ3) is 3.75. The molecule has 0 bridgehead atoms. The lowest BCUT2D eigenvalue weighted by molar-refractivity contribution is -0.141. The number of carbonyl (C=O) groups is 2. The van der Waals surface area contributed by atoms with Gasteiger partial charge in [-0.1, -0.05) is 0 Å². The Morgan fingerprint density at radius 1 is 1.53 bits per heavy atom. The minimum absolute atomic E-state index is 0.166. The van der Waals surface area contributed by atoms with Crippen LogP contribution >= 0.6 is 0 Å². The van der Waals surface area contributed by atoms with E-state index in [1.807, 2.05) is 0 Å². The Hall–Kier alpha value is -2.11. The van der Waals surface area contributed by atoms with E-state index >= 15 is 0 Å². The van der Waals surface area contributed by atoms with Crippen molar-refractivity contribution in [2.45, 2.75) is 13.8 Å². The van der Waals surface area contributed by atoms with E-state index in [0.717, 1.165) is 0 Å². The van der Waals surface area contributed by atoms with Gasteiger partial charge in [-0.2, -0.15) is 0 Å². The molecule has 0 spiro atoms. The zero-order valence-electron chi connectivity index (χ0n) is 9.82. The van der Waals surface area contributed by atoms with E-state index < -0.39 is 11.9 Å². The smallest absolute Gasteiger partial charge is 0.325 e. The summed E-state index contributed by atoms with van der Waals surface area (Å²) in [4.78, 5) is 26.7. The number of aryl methyl sites for hydroxylation is 1. The fourth-order valence-corrected chi connectivity index (χ4v) is 1.24. The molecule has 0 saturated heterocycles. The Morgan fingerprint density at radius 3 is 2.88 bits per heavy atom. The number of hydrogen-bond acceptors (Lipinski definition) is 5. The van der Waals surface area contributed by atoms with Crippen LogP contribution in [-0.4, -0.2) is 30.0 Å². The van der Waals surface area contributed by atoms with Gasteiger partial charge in [-0.25, -0.2) is 0 Å². The van der Waals surface area contributed by atoms with Crippen LogP contribution in [0.25, 0.3) is 0 Å². The lowest BCUT2D eigenvalue weighted by atomic mass is 10.2. The van der Waals surface area contributed by atoms with E-state index in [1.54, 1.807) is 13.8 Å². The zero-order chi connectivity index (χ0) is 12.8. The van der Waals surface area contributed by atoms with Gasteiger partial charge in [0.15, 0.2) is 0 Å². The fourth-order valence-electron chi connectivity index (χ4n) is 1.24. The molecule has 1 amide bonds. The van der Waals surface area contributed by atoms with Gasteiger partial charge in [-0.05, 0) is 19.9 Å². The van der Waals surface area contributed by atoms with Gasteiger partial charge in [-0.3, -0.25) is 14.6 Å². The number of ether oxygens (including phenoxy) is 1. The van der Waals surface area contributed by atoms with Gasteiger partial charge in [0, 0.05) is 0 Å². The summed E-state index contributed by atoms with van der Waals surface area (Å²) in [6, 6.07) is 1.52. The molecular formula is C11H15N3O3. The van der Waals surface area contributed by atoms with Crippen molar-refractivity contribution in [2.24, 2.45) is 0 Å². The molecule has 1 aromatic rings. The summed E-state index contributed by atoms with van der Waals surface area (Å²) < 4.78 is 4.69. The molecule has 1 aromatic heterocycles. The second kappa shape index (κ2) is 5.83. The number of amides is 1. The molecule has 3 N–H and O–H groups in total. The molecule has 6 heteroatoms. The van der Waals surface area contributed by atoms with Crippen LogP contribution in [-0.2, 0) is 9.53 Å². The number of nitrogens with one attached hydrogen (secondary N) is 1. The average Bonchev–Trinajstić information content (AvgIpc) is 2.29. The van der Waals surface area contributed by atoms with Crippen LogP contribution in [0.3, 0.4) is 0 Å². The number of anilines is 1. The number of pyridine rings is 1. The normalized spacial score (nSPS) is 9.76. The summed E-state index contributed by atoms with van der Waals surface area (Å²) in [5.41, 5.74) is 6.85. The third-order valence-electron chi connectivity index (χ3n) is 2.05. The molecule has 0 saturated carbocycles. The molecule has 0 fully saturated rings. The third-order valence-corrected chi connectivity index (χ3v) is 2.05. The van der Waals surface area contributed by atoms with Crippen LogP contribution in [0, 0.1) is 6.92 Å². The van der Waals surface area contributed by atoms with Crippen molar-refractivity contribution in [3.8, 4) is 0 Å². The van der Waals surface area contributed by atoms with Crippen molar-refractivity contribution in [2.75, 3.05) is 18.9 Å². The van der Waals surface area contributed by atoms with Crippen LogP contribution in [0.15, 0.2) is 12.3 Å². The molecule has 0 aliphatic heterocycles. The van der Waals surface area contributed by atoms with Gasteiger partial charge in [0.2, 0.25) is 0 Å². The first-order valence-electron chi connectivity index (χ1n) is 5.20. The van der Waals surface area contributed by atoms with Gasteiger partial charge >= 0.3 is 5.97 Å². The van der Waals surface area contributed by atoms with E-state index in [4.69, 9.17) is 5.73 Å². The van der Waals surface area contributed by atoms with E-state index in [-0.39, 0.29) is 13.2 Å². The second-order valence-electron chi connectivity index (χ2n) is 3.39. The summed E-state index contributed by atoms with van der Waals surface area (Å²) in [5.74, 6) is -0.870. The highest BCUT2D eigenvalue weighted by atomic mass is 16.5. The molecule has 0 aliphatic rings. The summed E-state index contributed by atoms with van der Waals surface area (Å²) in [5, 5.41) is 2.44. The number of carbonyl (C=O) groups excluding carboxylic acids is 2. The molecule has 1 heterocycles.